The van der Waals surface area contributed by atoms with Crippen molar-refractivity contribution in [2.24, 2.45) is 0 Å². The molecule has 1 aliphatic rings. The van der Waals surface area contributed by atoms with E-state index in [2.05, 4.69) is 9.97 Å². The van der Waals surface area contributed by atoms with Crippen LogP contribution in [0, 0.1) is 13.8 Å². The van der Waals surface area contributed by atoms with Crippen molar-refractivity contribution in [3.05, 3.63) is 65.0 Å². The number of ketones is 1. The van der Waals surface area contributed by atoms with Crippen LogP contribution in [0.15, 0.2) is 42.5 Å². The van der Waals surface area contributed by atoms with E-state index in [1.165, 1.54) is 0 Å². The molecule has 3 aromatic rings. The first-order chi connectivity index (χ1) is 12.0. The van der Waals surface area contributed by atoms with Crippen molar-refractivity contribution >= 4 is 28.4 Å². The molecule has 0 N–H and O–H groups in total. The summed E-state index contributed by atoms with van der Waals surface area (Å²) in [5, 5.41) is 0. The maximum Gasteiger partial charge on any atom is 0.258 e. The number of rotatable bonds is 1. The quantitative estimate of drug-likeness (QED) is 0.685. The monoisotopic (exact) mass is 331 g/mol. The molecule has 0 fully saturated rings. The van der Waals surface area contributed by atoms with Crippen LogP contribution in [-0.4, -0.2) is 28.2 Å². The maximum atomic E-state index is 13.0. The van der Waals surface area contributed by atoms with Gasteiger partial charge >= 0.3 is 0 Å². The van der Waals surface area contributed by atoms with Gasteiger partial charge in [0.25, 0.3) is 5.91 Å². The van der Waals surface area contributed by atoms with Crippen LogP contribution in [-0.2, 0) is 0 Å². The molecular weight excluding hydrogens is 314 g/mol. The normalized spacial score (nSPS) is 13.8. The molecule has 5 nitrogen and oxygen atoms in total. The number of hydrogen-bond acceptors (Lipinski definition) is 4. The zero-order chi connectivity index (χ0) is 17.6. The Kier molecular flexibility index (Phi) is 3.57. The standard InChI is InChI=1S/C20H17N3O2/c1-12-13(2)22-17-11-14(7-8-16(17)21-12)20(25)23-10-9-19(24)15-5-3-4-6-18(15)23/h3-8,11H,9-10H2,1-2H3. The van der Waals surface area contributed by atoms with Gasteiger partial charge in [0, 0.05) is 24.1 Å². The number of Topliss-reactive ketones (excluding diaryl/α,β-unsaturated/α-hetero) is 1. The fraction of sp³-hybridized carbons (Fsp3) is 0.200. The Morgan fingerprint density at radius 2 is 1.72 bits per heavy atom. The number of carbonyl (C=O) groups is 2. The second-order valence-electron chi connectivity index (χ2n) is 6.25. The van der Waals surface area contributed by atoms with Gasteiger partial charge in [-0.2, -0.15) is 0 Å². The molecule has 0 bridgehead atoms. The average molecular weight is 331 g/mol. The Bertz CT molecular complexity index is 1030. The third-order valence-corrected chi connectivity index (χ3v) is 4.63. The fourth-order valence-electron chi connectivity index (χ4n) is 3.14. The zero-order valence-corrected chi connectivity index (χ0v) is 14.1. The number of fused-ring (bicyclic) bond motifs is 2. The highest BCUT2D eigenvalue weighted by atomic mass is 16.2. The van der Waals surface area contributed by atoms with Crippen LogP contribution in [0.1, 0.15) is 38.5 Å². The van der Waals surface area contributed by atoms with Gasteiger partial charge in [-0.15, -0.1) is 0 Å². The molecule has 5 heteroatoms. The van der Waals surface area contributed by atoms with Crippen molar-refractivity contribution in [3.8, 4) is 0 Å². The molecule has 0 saturated heterocycles. The van der Waals surface area contributed by atoms with E-state index in [-0.39, 0.29) is 11.7 Å². The van der Waals surface area contributed by atoms with Crippen molar-refractivity contribution in [3.63, 3.8) is 0 Å². The van der Waals surface area contributed by atoms with Crippen LogP contribution >= 0.6 is 0 Å². The summed E-state index contributed by atoms with van der Waals surface area (Å²) < 4.78 is 0. The molecule has 0 saturated carbocycles. The van der Waals surface area contributed by atoms with E-state index in [9.17, 15) is 9.59 Å². The predicted molar refractivity (Wildman–Crippen MR) is 96.1 cm³/mol. The van der Waals surface area contributed by atoms with Gasteiger partial charge in [0.1, 0.15) is 0 Å². The van der Waals surface area contributed by atoms with E-state index in [1.54, 1.807) is 23.1 Å². The summed E-state index contributed by atoms with van der Waals surface area (Å²) in [4.78, 5) is 35.8. The zero-order valence-electron chi connectivity index (χ0n) is 14.1. The van der Waals surface area contributed by atoms with Crippen molar-refractivity contribution in [2.75, 3.05) is 11.4 Å². The SMILES string of the molecule is Cc1nc2ccc(C(=O)N3CCC(=O)c4ccccc43)cc2nc1C. The number of aryl methyl sites for hydroxylation is 2. The summed E-state index contributed by atoms with van der Waals surface area (Å²) >= 11 is 0. The summed E-state index contributed by atoms with van der Waals surface area (Å²) in [5.74, 6) is -0.0444. The minimum Gasteiger partial charge on any atom is -0.307 e. The molecule has 124 valence electrons. The van der Waals surface area contributed by atoms with Gasteiger partial charge in [0.2, 0.25) is 0 Å². The first-order valence-corrected chi connectivity index (χ1v) is 8.24. The van der Waals surface area contributed by atoms with Crippen molar-refractivity contribution in [1.29, 1.82) is 0 Å². The highest BCUT2D eigenvalue weighted by molar-refractivity contribution is 6.13. The van der Waals surface area contributed by atoms with Crippen molar-refractivity contribution < 1.29 is 9.59 Å². The third kappa shape index (κ3) is 2.58. The Hall–Kier alpha value is -3.08. The first kappa shape index (κ1) is 15.4. The molecule has 1 aromatic heterocycles. The van der Waals surface area contributed by atoms with Crippen molar-refractivity contribution in [1.82, 2.24) is 9.97 Å². The Morgan fingerprint density at radius 1 is 1.00 bits per heavy atom. The highest BCUT2D eigenvalue weighted by Crippen LogP contribution is 2.28. The van der Waals surface area contributed by atoms with Crippen LogP contribution in [0.25, 0.3) is 11.0 Å². The number of carbonyl (C=O) groups excluding carboxylic acids is 2. The Balaban J connectivity index is 1.77. The van der Waals surface area contributed by atoms with E-state index in [1.807, 2.05) is 38.1 Å². The predicted octanol–water partition coefficient (Wildman–Crippen LogP) is 3.48. The van der Waals surface area contributed by atoms with Gasteiger partial charge < -0.3 is 4.90 Å². The second kappa shape index (κ2) is 5.77. The Labute approximate surface area is 145 Å². The maximum absolute atomic E-state index is 13.0. The summed E-state index contributed by atoms with van der Waals surface area (Å²) in [7, 11) is 0. The first-order valence-electron chi connectivity index (χ1n) is 8.24. The van der Waals surface area contributed by atoms with Gasteiger partial charge in [-0.1, -0.05) is 12.1 Å². The fourth-order valence-corrected chi connectivity index (χ4v) is 3.14. The highest BCUT2D eigenvalue weighted by Gasteiger charge is 2.27. The molecule has 0 aliphatic carbocycles. The average Bonchev–Trinajstić information content (AvgIpc) is 2.62. The van der Waals surface area contributed by atoms with Gasteiger partial charge in [0.05, 0.1) is 28.1 Å². The molecule has 2 heterocycles. The van der Waals surface area contributed by atoms with Crippen LogP contribution in [0.5, 0.6) is 0 Å². The van der Waals surface area contributed by atoms with E-state index < -0.39 is 0 Å². The van der Waals surface area contributed by atoms with Crippen molar-refractivity contribution in [2.45, 2.75) is 20.3 Å². The van der Waals surface area contributed by atoms with E-state index in [4.69, 9.17) is 0 Å². The Morgan fingerprint density at radius 3 is 2.52 bits per heavy atom. The lowest BCUT2D eigenvalue weighted by molar-refractivity contribution is 0.0955. The lowest BCUT2D eigenvalue weighted by Crippen LogP contribution is -2.37. The summed E-state index contributed by atoms with van der Waals surface area (Å²) in [6, 6.07) is 12.6. The summed E-state index contributed by atoms with van der Waals surface area (Å²) in [6.07, 6.45) is 0.342. The van der Waals surface area contributed by atoms with Gasteiger partial charge in [0.15, 0.2) is 5.78 Å². The number of amides is 1. The molecule has 0 radical (unpaired) electrons. The lowest BCUT2D eigenvalue weighted by atomic mass is 9.99. The second-order valence-corrected chi connectivity index (χ2v) is 6.25. The van der Waals surface area contributed by atoms with E-state index >= 15 is 0 Å². The topological polar surface area (TPSA) is 63.2 Å². The largest absolute Gasteiger partial charge is 0.307 e. The molecule has 0 atom stereocenters. The van der Waals surface area contributed by atoms with E-state index in [0.29, 0.717) is 35.3 Å². The number of benzene rings is 2. The lowest BCUT2D eigenvalue weighted by Gasteiger charge is -2.28. The smallest absolute Gasteiger partial charge is 0.258 e. The van der Waals surface area contributed by atoms with Crippen LogP contribution < -0.4 is 4.90 Å². The molecule has 0 spiro atoms. The van der Waals surface area contributed by atoms with Crippen LogP contribution in [0.2, 0.25) is 0 Å². The number of para-hydroxylation sites is 1. The molecule has 2 aromatic carbocycles. The van der Waals surface area contributed by atoms with E-state index in [0.717, 1.165) is 16.9 Å². The number of anilines is 1. The number of aromatic nitrogens is 2. The van der Waals surface area contributed by atoms with Gasteiger partial charge in [-0.05, 0) is 44.2 Å². The summed E-state index contributed by atoms with van der Waals surface area (Å²) in [6.45, 7) is 4.22. The molecule has 0 unspecified atom stereocenters. The number of nitrogens with zero attached hydrogens (tertiary/aromatic N) is 3. The number of hydrogen-bond donors (Lipinski definition) is 0. The minimum atomic E-state index is -0.123. The summed E-state index contributed by atoms with van der Waals surface area (Å²) in [5.41, 5.74) is 5.05. The van der Waals surface area contributed by atoms with Gasteiger partial charge in [-0.25, -0.2) is 9.97 Å². The molecule has 1 amide bonds. The van der Waals surface area contributed by atoms with Crippen LogP contribution in [0.4, 0.5) is 5.69 Å². The minimum absolute atomic E-state index is 0.0788. The van der Waals surface area contributed by atoms with Crippen LogP contribution in [0.3, 0.4) is 0 Å². The molecule has 1 aliphatic heterocycles. The third-order valence-electron chi connectivity index (χ3n) is 4.63. The molecule has 4 rings (SSSR count). The van der Waals surface area contributed by atoms with Gasteiger partial charge in [-0.3, -0.25) is 9.59 Å². The molecule has 25 heavy (non-hydrogen) atoms. The molecular formula is C20H17N3O2.